The van der Waals surface area contributed by atoms with Crippen LogP contribution in [0.3, 0.4) is 0 Å². The minimum Gasteiger partial charge on any atom is -0.545 e. The molecule has 0 spiro atoms. The lowest BCUT2D eigenvalue weighted by molar-refractivity contribution is -0.256. The van der Waals surface area contributed by atoms with Gasteiger partial charge in [-0.15, -0.1) is 0 Å². The Morgan fingerprint density at radius 3 is 1.83 bits per heavy atom. The molecule has 3 aromatic carbocycles. The minimum absolute atomic E-state index is 0.112. The Bertz CT molecular complexity index is 1100. The number of aromatic carboxylic acids is 2. The van der Waals surface area contributed by atoms with E-state index in [1.807, 2.05) is 0 Å². The molecule has 0 atom stereocenters. The molecule has 0 bridgehead atoms. The lowest BCUT2D eigenvalue weighted by atomic mass is 9.96. The van der Waals surface area contributed by atoms with Gasteiger partial charge in [0.05, 0.1) is 11.9 Å². The van der Waals surface area contributed by atoms with E-state index < -0.39 is 23.3 Å². The summed E-state index contributed by atoms with van der Waals surface area (Å²) in [6.07, 6.45) is 0. The largest absolute Gasteiger partial charge is 0.545 e. The fourth-order valence-corrected chi connectivity index (χ4v) is 2.69. The summed E-state index contributed by atoms with van der Waals surface area (Å²) in [5, 5.41) is 25.0. The Balaban J connectivity index is 1.85. The van der Waals surface area contributed by atoms with Gasteiger partial charge in [-0.1, -0.05) is 30.3 Å². The van der Waals surface area contributed by atoms with Gasteiger partial charge >= 0.3 is 0 Å². The Morgan fingerprint density at radius 1 is 0.621 bits per heavy atom. The van der Waals surface area contributed by atoms with Gasteiger partial charge in [0.1, 0.15) is 0 Å². The Morgan fingerprint density at radius 2 is 1.24 bits per heavy atom. The van der Waals surface area contributed by atoms with E-state index in [1.165, 1.54) is 24.3 Å². The van der Waals surface area contributed by atoms with Crippen LogP contribution >= 0.6 is 0 Å². The summed E-state index contributed by atoms with van der Waals surface area (Å²) in [4.78, 5) is 47.2. The summed E-state index contributed by atoms with van der Waals surface area (Å²) in [6, 6.07) is 17.3. The van der Waals surface area contributed by atoms with Gasteiger partial charge in [-0.2, -0.15) is 0 Å². The first-order valence-corrected chi connectivity index (χ1v) is 8.44. The van der Waals surface area contributed by atoms with Gasteiger partial charge in [-0.3, -0.25) is 9.59 Å². The SMILES string of the molecule is O=C([O-])c1ccc(C(=O)[O-])c(C(=O)c2ccc(NC(=O)c3ccccc3)cc2)c1. The predicted octanol–water partition coefficient (Wildman–Crippen LogP) is 0.897. The second-order valence-electron chi connectivity index (χ2n) is 6.06. The van der Waals surface area contributed by atoms with Gasteiger partial charge in [-0.25, -0.2) is 0 Å². The Kier molecular flexibility index (Phi) is 5.50. The molecule has 0 radical (unpaired) electrons. The maximum atomic E-state index is 12.7. The number of hydrogen-bond acceptors (Lipinski definition) is 6. The van der Waals surface area contributed by atoms with Crippen molar-refractivity contribution in [2.24, 2.45) is 0 Å². The van der Waals surface area contributed by atoms with Crippen molar-refractivity contribution in [2.75, 3.05) is 5.32 Å². The lowest BCUT2D eigenvalue weighted by Crippen LogP contribution is -2.27. The summed E-state index contributed by atoms with van der Waals surface area (Å²) in [5.74, 6) is -4.17. The van der Waals surface area contributed by atoms with E-state index in [1.54, 1.807) is 30.3 Å². The van der Waals surface area contributed by atoms with Crippen molar-refractivity contribution < 1.29 is 29.4 Å². The standard InChI is InChI=1S/C22H15NO6/c24-19(18-12-15(21(26)27)8-11-17(18)22(28)29)13-6-9-16(10-7-13)23-20(25)14-4-2-1-3-5-14/h1-12H,(H,23,25)(H,26,27)(H,28,29)/p-2. The van der Waals surface area contributed by atoms with E-state index in [0.29, 0.717) is 11.3 Å². The van der Waals surface area contributed by atoms with Crippen LogP contribution in [0.15, 0.2) is 72.8 Å². The molecular formula is C22H13NO6-2. The second-order valence-corrected chi connectivity index (χ2v) is 6.06. The zero-order valence-corrected chi connectivity index (χ0v) is 14.9. The molecular weight excluding hydrogens is 374 g/mol. The smallest absolute Gasteiger partial charge is 0.255 e. The number of benzene rings is 3. The molecule has 0 heterocycles. The van der Waals surface area contributed by atoms with Crippen LogP contribution in [0.1, 0.15) is 47.0 Å². The molecule has 0 aliphatic rings. The summed E-state index contributed by atoms with van der Waals surface area (Å²) in [7, 11) is 0. The van der Waals surface area contributed by atoms with Crippen molar-refractivity contribution in [1.82, 2.24) is 0 Å². The quantitative estimate of drug-likeness (QED) is 0.626. The number of carboxylic acids is 2. The average molecular weight is 387 g/mol. The zero-order chi connectivity index (χ0) is 21.0. The van der Waals surface area contributed by atoms with E-state index in [9.17, 15) is 29.4 Å². The van der Waals surface area contributed by atoms with E-state index >= 15 is 0 Å². The molecule has 7 heteroatoms. The average Bonchev–Trinajstić information content (AvgIpc) is 2.73. The van der Waals surface area contributed by atoms with Crippen molar-refractivity contribution in [1.29, 1.82) is 0 Å². The molecule has 0 aliphatic carbocycles. The van der Waals surface area contributed by atoms with E-state index in [0.717, 1.165) is 18.2 Å². The van der Waals surface area contributed by atoms with Gasteiger partial charge in [0, 0.05) is 27.9 Å². The summed E-state index contributed by atoms with van der Waals surface area (Å²) in [6.45, 7) is 0. The molecule has 3 rings (SSSR count). The third-order valence-electron chi connectivity index (χ3n) is 4.16. The monoisotopic (exact) mass is 387 g/mol. The van der Waals surface area contributed by atoms with Crippen LogP contribution < -0.4 is 15.5 Å². The summed E-state index contributed by atoms with van der Waals surface area (Å²) >= 11 is 0. The molecule has 3 aromatic rings. The molecule has 0 unspecified atom stereocenters. The second kappa shape index (κ2) is 8.18. The number of nitrogens with one attached hydrogen (secondary N) is 1. The lowest BCUT2D eigenvalue weighted by Gasteiger charge is -2.13. The number of anilines is 1. The topological polar surface area (TPSA) is 126 Å². The van der Waals surface area contributed by atoms with Crippen LogP contribution in [0.25, 0.3) is 0 Å². The molecule has 0 aliphatic heterocycles. The third kappa shape index (κ3) is 4.36. The summed E-state index contributed by atoms with van der Waals surface area (Å²) in [5.41, 5.74) is -0.0793. The number of carbonyl (C=O) groups excluding carboxylic acids is 4. The number of ketones is 1. The fourth-order valence-electron chi connectivity index (χ4n) is 2.69. The fraction of sp³-hybridized carbons (Fsp3) is 0. The van der Waals surface area contributed by atoms with E-state index in [-0.39, 0.29) is 22.6 Å². The molecule has 0 aromatic heterocycles. The molecule has 29 heavy (non-hydrogen) atoms. The summed E-state index contributed by atoms with van der Waals surface area (Å²) < 4.78 is 0. The van der Waals surface area contributed by atoms with Crippen molar-refractivity contribution >= 4 is 29.3 Å². The van der Waals surface area contributed by atoms with Crippen LogP contribution in [0.5, 0.6) is 0 Å². The highest BCUT2D eigenvalue weighted by Gasteiger charge is 2.16. The highest BCUT2D eigenvalue weighted by molar-refractivity contribution is 6.15. The predicted molar refractivity (Wildman–Crippen MR) is 99.4 cm³/mol. The molecule has 7 nitrogen and oxygen atoms in total. The highest BCUT2D eigenvalue weighted by Crippen LogP contribution is 2.19. The third-order valence-corrected chi connectivity index (χ3v) is 4.16. The van der Waals surface area contributed by atoms with Gasteiger partial charge in [0.25, 0.3) is 5.91 Å². The molecule has 0 saturated heterocycles. The Labute approximate surface area is 165 Å². The normalized spacial score (nSPS) is 10.2. The maximum Gasteiger partial charge on any atom is 0.255 e. The van der Waals surface area contributed by atoms with E-state index in [2.05, 4.69) is 5.32 Å². The van der Waals surface area contributed by atoms with Gasteiger partial charge < -0.3 is 25.1 Å². The van der Waals surface area contributed by atoms with Crippen LogP contribution in [0.4, 0.5) is 5.69 Å². The van der Waals surface area contributed by atoms with Crippen LogP contribution in [-0.4, -0.2) is 23.6 Å². The van der Waals surface area contributed by atoms with Crippen molar-refractivity contribution in [2.45, 2.75) is 0 Å². The highest BCUT2D eigenvalue weighted by atomic mass is 16.4. The van der Waals surface area contributed by atoms with Gasteiger partial charge in [0.15, 0.2) is 5.78 Å². The number of carboxylic acid groups (broad SMARTS) is 2. The number of carbonyl (C=O) groups is 4. The van der Waals surface area contributed by atoms with Crippen molar-refractivity contribution in [3.8, 4) is 0 Å². The number of hydrogen-bond donors (Lipinski definition) is 1. The molecule has 0 fully saturated rings. The van der Waals surface area contributed by atoms with E-state index in [4.69, 9.17) is 0 Å². The molecule has 0 saturated carbocycles. The molecule has 144 valence electrons. The Hall–Kier alpha value is -4.26. The van der Waals surface area contributed by atoms with Gasteiger partial charge in [-0.05, 0) is 48.0 Å². The minimum atomic E-state index is -1.61. The van der Waals surface area contributed by atoms with Crippen molar-refractivity contribution in [3.63, 3.8) is 0 Å². The van der Waals surface area contributed by atoms with Crippen LogP contribution in [0, 0.1) is 0 Å². The van der Waals surface area contributed by atoms with Crippen LogP contribution in [-0.2, 0) is 0 Å². The first-order valence-electron chi connectivity index (χ1n) is 8.44. The number of rotatable bonds is 6. The number of amides is 1. The first-order chi connectivity index (χ1) is 13.9. The van der Waals surface area contributed by atoms with Crippen molar-refractivity contribution in [3.05, 3.63) is 101 Å². The van der Waals surface area contributed by atoms with Crippen LogP contribution in [0.2, 0.25) is 0 Å². The molecule has 1 amide bonds. The molecule has 1 N–H and O–H groups in total. The van der Waals surface area contributed by atoms with Gasteiger partial charge in [0.2, 0.25) is 0 Å². The zero-order valence-electron chi connectivity index (χ0n) is 14.9. The first kappa shape index (κ1) is 19.5. The maximum absolute atomic E-state index is 12.7.